The number of carbonyl (C=O) groups excluding carboxylic acids is 2. The molecule has 9 nitrogen and oxygen atoms in total. The van der Waals surface area contributed by atoms with Gasteiger partial charge in [0.05, 0.1) is 13.2 Å². The summed E-state index contributed by atoms with van der Waals surface area (Å²) in [4.78, 5) is 34.5. The maximum atomic E-state index is 12.4. The van der Waals surface area contributed by atoms with Gasteiger partial charge in [-0.1, -0.05) is 112 Å². The molecule has 0 spiro atoms. The van der Waals surface area contributed by atoms with Gasteiger partial charge in [-0.05, 0) is 51.4 Å². The van der Waals surface area contributed by atoms with Crippen LogP contribution in [0.25, 0.3) is 0 Å². The summed E-state index contributed by atoms with van der Waals surface area (Å²) in [6.07, 6.45) is 35.2. The zero-order chi connectivity index (χ0) is 33.3. The summed E-state index contributed by atoms with van der Waals surface area (Å²) in [7, 11) is -4.39. The molecule has 0 heterocycles. The molecule has 0 aliphatic carbocycles. The summed E-state index contributed by atoms with van der Waals surface area (Å²) >= 11 is 0. The Bertz CT molecular complexity index is 971. The molecule has 0 rings (SSSR count). The highest BCUT2D eigenvalue weighted by Gasteiger charge is 2.25. The van der Waals surface area contributed by atoms with E-state index in [-0.39, 0.29) is 32.6 Å². The smallest absolute Gasteiger partial charge is 0.462 e. The number of rotatable bonds is 29. The average Bonchev–Trinajstić information content (AvgIpc) is 3.02. The lowest BCUT2D eigenvalue weighted by Crippen LogP contribution is -2.29. The van der Waals surface area contributed by atoms with Gasteiger partial charge in [-0.2, -0.15) is 0 Å². The van der Waals surface area contributed by atoms with E-state index in [9.17, 15) is 19.0 Å². The van der Waals surface area contributed by atoms with Crippen molar-refractivity contribution in [2.75, 3.05) is 26.4 Å². The molecule has 0 aromatic carbocycles. The van der Waals surface area contributed by atoms with E-state index < -0.39 is 32.5 Å². The number of phosphoric ester groups is 1. The molecule has 0 radical (unpaired) electrons. The SMILES string of the molecule is CC/C=C/C=C/C=C/C=C/CCCCCC(=O)OC(COC(=O)CCCCC/C=C/C=C/CCCC)COP(=O)(O)OCCN. The van der Waals surface area contributed by atoms with E-state index in [4.69, 9.17) is 24.3 Å². The number of unbranched alkanes of at least 4 members (excludes halogenated alkanes) is 8. The van der Waals surface area contributed by atoms with Gasteiger partial charge in [-0.3, -0.25) is 18.6 Å². The van der Waals surface area contributed by atoms with E-state index in [1.54, 1.807) is 0 Å². The lowest BCUT2D eigenvalue weighted by molar-refractivity contribution is -0.161. The fraction of sp³-hybridized carbons (Fsp3) is 0.600. The Balaban J connectivity index is 4.46. The minimum Gasteiger partial charge on any atom is -0.462 e. The molecule has 0 aromatic rings. The van der Waals surface area contributed by atoms with Gasteiger partial charge >= 0.3 is 19.8 Å². The van der Waals surface area contributed by atoms with E-state index >= 15 is 0 Å². The van der Waals surface area contributed by atoms with Crippen LogP contribution in [0.1, 0.15) is 104 Å². The van der Waals surface area contributed by atoms with Crippen LogP contribution in [0, 0.1) is 0 Å². The van der Waals surface area contributed by atoms with E-state index in [0.29, 0.717) is 12.8 Å². The average molecular weight is 652 g/mol. The Hall–Kier alpha value is -2.55. The lowest BCUT2D eigenvalue weighted by atomic mass is 10.1. The summed E-state index contributed by atoms with van der Waals surface area (Å²) in [5, 5.41) is 0. The van der Waals surface area contributed by atoms with Crippen LogP contribution in [-0.2, 0) is 32.7 Å². The predicted molar refractivity (Wildman–Crippen MR) is 182 cm³/mol. The van der Waals surface area contributed by atoms with E-state index in [1.165, 1.54) is 12.8 Å². The molecule has 0 aliphatic rings. The summed E-state index contributed by atoms with van der Waals surface area (Å²) in [5.74, 6) is -0.921. The molecular formula is C35H58NO8P. The van der Waals surface area contributed by atoms with Crippen LogP contribution in [-0.4, -0.2) is 49.3 Å². The third-order valence-corrected chi connectivity index (χ3v) is 7.18. The molecule has 0 amide bonds. The van der Waals surface area contributed by atoms with Crippen molar-refractivity contribution in [3.8, 4) is 0 Å². The first kappa shape index (κ1) is 42.5. The van der Waals surface area contributed by atoms with Gasteiger partial charge in [0, 0.05) is 19.4 Å². The van der Waals surface area contributed by atoms with Gasteiger partial charge in [0.2, 0.25) is 0 Å². The number of carbonyl (C=O) groups is 2. The van der Waals surface area contributed by atoms with Gasteiger partial charge in [-0.25, -0.2) is 4.57 Å². The zero-order valence-electron chi connectivity index (χ0n) is 27.6. The fourth-order valence-corrected chi connectivity index (χ4v) is 4.50. The van der Waals surface area contributed by atoms with Crippen LogP contribution in [0.3, 0.4) is 0 Å². The Labute approximate surface area is 271 Å². The molecule has 2 unspecified atom stereocenters. The molecule has 0 saturated carbocycles. The quantitative estimate of drug-likeness (QED) is 0.0354. The molecule has 10 heteroatoms. The minimum atomic E-state index is -4.39. The van der Waals surface area contributed by atoms with Gasteiger partial charge in [-0.15, -0.1) is 0 Å². The van der Waals surface area contributed by atoms with Crippen LogP contribution < -0.4 is 5.73 Å². The number of nitrogens with two attached hydrogens (primary N) is 1. The topological polar surface area (TPSA) is 134 Å². The Kier molecular flexibility index (Phi) is 29.7. The van der Waals surface area contributed by atoms with Crippen molar-refractivity contribution in [1.82, 2.24) is 0 Å². The van der Waals surface area contributed by atoms with Crippen LogP contribution in [0.15, 0.2) is 72.9 Å². The molecule has 0 aliphatic heterocycles. The van der Waals surface area contributed by atoms with Crippen molar-refractivity contribution < 1.29 is 37.6 Å². The monoisotopic (exact) mass is 651 g/mol. The molecule has 3 N–H and O–H groups in total. The van der Waals surface area contributed by atoms with Crippen molar-refractivity contribution in [1.29, 1.82) is 0 Å². The Morgan fingerprint density at radius 1 is 0.689 bits per heavy atom. The molecule has 256 valence electrons. The third kappa shape index (κ3) is 31.2. The van der Waals surface area contributed by atoms with Crippen LogP contribution in [0.2, 0.25) is 0 Å². The van der Waals surface area contributed by atoms with Gasteiger partial charge in [0.15, 0.2) is 6.10 Å². The second-order valence-corrected chi connectivity index (χ2v) is 11.9. The first-order valence-corrected chi connectivity index (χ1v) is 18.0. The van der Waals surface area contributed by atoms with Crippen molar-refractivity contribution in [2.24, 2.45) is 5.73 Å². The number of ether oxygens (including phenoxy) is 2. The molecule has 0 saturated heterocycles. The number of phosphoric acid groups is 1. The number of esters is 2. The largest absolute Gasteiger partial charge is 0.472 e. The van der Waals surface area contributed by atoms with Gasteiger partial charge < -0.3 is 20.1 Å². The van der Waals surface area contributed by atoms with Crippen molar-refractivity contribution in [2.45, 2.75) is 110 Å². The maximum absolute atomic E-state index is 12.4. The zero-order valence-corrected chi connectivity index (χ0v) is 28.5. The summed E-state index contributed by atoms with van der Waals surface area (Å²) in [6.45, 7) is 3.40. The Morgan fingerprint density at radius 3 is 1.80 bits per heavy atom. The van der Waals surface area contributed by atoms with Crippen molar-refractivity contribution >= 4 is 19.8 Å². The predicted octanol–water partition coefficient (Wildman–Crippen LogP) is 8.37. The minimum absolute atomic E-state index is 0.0388. The molecule has 2 atom stereocenters. The first-order valence-electron chi connectivity index (χ1n) is 16.5. The number of hydrogen-bond donors (Lipinski definition) is 2. The second kappa shape index (κ2) is 31.4. The maximum Gasteiger partial charge on any atom is 0.472 e. The Morgan fingerprint density at radius 2 is 1.22 bits per heavy atom. The third-order valence-electron chi connectivity index (χ3n) is 6.20. The number of hydrogen-bond acceptors (Lipinski definition) is 8. The summed E-state index contributed by atoms with van der Waals surface area (Å²) in [6, 6.07) is 0. The van der Waals surface area contributed by atoms with Gasteiger partial charge in [0.25, 0.3) is 0 Å². The van der Waals surface area contributed by atoms with Gasteiger partial charge in [0.1, 0.15) is 6.61 Å². The molecule has 0 aromatic heterocycles. The van der Waals surface area contributed by atoms with Crippen molar-refractivity contribution in [3.05, 3.63) is 72.9 Å². The van der Waals surface area contributed by atoms with Crippen LogP contribution in [0.4, 0.5) is 0 Å². The highest BCUT2D eigenvalue weighted by Crippen LogP contribution is 2.43. The molecule has 0 fully saturated rings. The fourth-order valence-electron chi connectivity index (χ4n) is 3.74. The summed E-state index contributed by atoms with van der Waals surface area (Å²) < 4.78 is 32.4. The normalized spacial score (nSPS) is 14.5. The van der Waals surface area contributed by atoms with Crippen LogP contribution in [0.5, 0.6) is 0 Å². The molecular weight excluding hydrogens is 593 g/mol. The van der Waals surface area contributed by atoms with E-state index in [2.05, 4.69) is 50.3 Å². The molecule has 0 bridgehead atoms. The summed E-state index contributed by atoms with van der Waals surface area (Å²) in [5.41, 5.74) is 5.31. The van der Waals surface area contributed by atoms with Crippen molar-refractivity contribution in [3.63, 3.8) is 0 Å². The van der Waals surface area contributed by atoms with Crippen LogP contribution >= 0.6 is 7.82 Å². The number of allylic oxidation sites excluding steroid dienone is 12. The van der Waals surface area contributed by atoms with E-state index in [1.807, 2.05) is 36.5 Å². The standard InChI is InChI=1S/C35H58NO8P/c1-3-5-7-9-11-13-15-16-18-20-22-24-26-28-35(38)44-33(32-43-45(39,40)42-30-29-36)31-41-34(37)27-25-23-21-19-17-14-12-10-8-6-4-2/h5,7,9-18,33H,3-4,6,8,19-32,36H2,1-2H3,(H,39,40)/b7-5+,11-9+,12-10+,15-13+,17-14+,18-16+. The highest BCUT2D eigenvalue weighted by molar-refractivity contribution is 7.47. The lowest BCUT2D eigenvalue weighted by Gasteiger charge is -2.19. The highest BCUT2D eigenvalue weighted by atomic mass is 31.2. The first-order chi connectivity index (χ1) is 21.8. The molecule has 45 heavy (non-hydrogen) atoms. The van der Waals surface area contributed by atoms with E-state index in [0.717, 1.165) is 51.4 Å². The second-order valence-electron chi connectivity index (χ2n) is 10.4.